The first-order valence-electron chi connectivity index (χ1n) is 4.30. The molecule has 1 fully saturated rings. The standard InChI is InChI=1S/C10H16N/c1-2-3-5-8-11-9-6-4-7-10-11/h2-3,5,8H,1,4,6-7,9-10H2/b3-2+,8-5+. The maximum atomic E-state index is 3.62. The van der Waals surface area contributed by atoms with Gasteiger partial charge in [0.05, 0.1) is 0 Å². The van der Waals surface area contributed by atoms with E-state index in [9.17, 15) is 0 Å². The van der Waals surface area contributed by atoms with Gasteiger partial charge in [0.25, 0.3) is 0 Å². The summed E-state index contributed by atoms with van der Waals surface area (Å²) in [7, 11) is 0. The molecule has 1 heterocycles. The Balaban J connectivity index is 2.23. The number of likely N-dealkylation sites (tertiary alicyclic amines) is 1. The molecule has 1 nitrogen and oxygen atoms in total. The van der Waals surface area contributed by atoms with Gasteiger partial charge in [-0.05, 0) is 38.5 Å². The van der Waals surface area contributed by atoms with Crippen molar-refractivity contribution >= 4 is 0 Å². The van der Waals surface area contributed by atoms with Crippen molar-refractivity contribution in [1.82, 2.24) is 4.90 Å². The molecule has 0 spiro atoms. The molecular weight excluding hydrogens is 134 g/mol. The van der Waals surface area contributed by atoms with Crippen LogP contribution in [0.4, 0.5) is 0 Å². The minimum absolute atomic E-state index is 1.22. The van der Waals surface area contributed by atoms with Crippen LogP contribution >= 0.6 is 0 Å². The molecule has 11 heavy (non-hydrogen) atoms. The number of hydrogen-bond acceptors (Lipinski definition) is 1. The first-order valence-corrected chi connectivity index (χ1v) is 4.30. The predicted molar refractivity (Wildman–Crippen MR) is 49.1 cm³/mol. The molecule has 0 saturated carbocycles. The number of piperidine rings is 1. The molecule has 1 saturated heterocycles. The molecule has 1 rings (SSSR count). The normalized spacial score (nSPS) is 20.3. The van der Waals surface area contributed by atoms with Gasteiger partial charge in [0.15, 0.2) is 0 Å². The second-order valence-electron chi connectivity index (χ2n) is 2.87. The van der Waals surface area contributed by atoms with E-state index in [-0.39, 0.29) is 0 Å². The lowest BCUT2D eigenvalue weighted by atomic mass is 10.1. The fourth-order valence-electron chi connectivity index (χ4n) is 1.32. The zero-order valence-electron chi connectivity index (χ0n) is 7.00. The number of nitrogens with zero attached hydrogens (tertiary/aromatic N) is 1. The Morgan fingerprint density at radius 3 is 2.36 bits per heavy atom. The molecule has 0 aromatic rings. The summed E-state index contributed by atoms with van der Waals surface area (Å²) >= 11 is 0. The van der Waals surface area contributed by atoms with Gasteiger partial charge in [-0.25, -0.2) is 0 Å². The van der Waals surface area contributed by atoms with Gasteiger partial charge in [0.2, 0.25) is 0 Å². The average Bonchev–Trinajstić information content (AvgIpc) is 2.07. The van der Waals surface area contributed by atoms with Crippen LogP contribution in [0.3, 0.4) is 0 Å². The van der Waals surface area contributed by atoms with Crippen LogP contribution in [0, 0.1) is 6.92 Å². The van der Waals surface area contributed by atoms with Crippen LogP contribution in [0.5, 0.6) is 0 Å². The first-order chi connectivity index (χ1) is 5.43. The van der Waals surface area contributed by atoms with E-state index in [0.717, 1.165) is 0 Å². The lowest BCUT2D eigenvalue weighted by Gasteiger charge is -2.24. The summed E-state index contributed by atoms with van der Waals surface area (Å²) in [5.74, 6) is 0. The van der Waals surface area contributed by atoms with E-state index in [0.29, 0.717) is 0 Å². The summed E-state index contributed by atoms with van der Waals surface area (Å²) in [4.78, 5) is 2.36. The van der Waals surface area contributed by atoms with Crippen molar-refractivity contribution in [2.24, 2.45) is 0 Å². The van der Waals surface area contributed by atoms with Crippen LogP contribution in [0.25, 0.3) is 0 Å². The van der Waals surface area contributed by atoms with Crippen LogP contribution in [-0.2, 0) is 0 Å². The van der Waals surface area contributed by atoms with Crippen LogP contribution in [-0.4, -0.2) is 18.0 Å². The topological polar surface area (TPSA) is 3.24 Å². The molecule has 0 atom stereocenters. The Bertz CT molecular complexity index is 141. The summed E-state index contributed by atoms with van der Waals surface area (Å²) in [5.41, 5.74) is 0. The summed E-state index contributed by atoms with van der Waals surface area (Å²) in [6.45, 7) is 6.07. The van der Waals surface area contributed by atoms with Crippen molar-refractivity contribution < 1.29 is 0 Å². The number of rotatable bonds is 2. The van der Waals surface area contributed by atoms with E-state index >= 15 is 0 Å². The minimum atomic E-state index is 1.22. The van der Waals surface area contributed by atoms with Crippen LogP contribution in [0.2, 0.25) is 0 Å². The van der Waals surface area contributed by atoms with E-state index in [1.54, 1.807) is 6.08 Å². The van der Waals surface area contributed by atoms with Crippen molar-refractivity contribution in [3.8, 4) is 0 Å². The van der Waals surface area contributed by atoms with E-state index in [1.807, 2.05) is 6.08 Å². The van der Waals surface area contributed by atoms with Gasteiger partial charge in [0.1, 0.15) is 0 Å². The third-order valence-corrected chi connectivity index (χ3v) is 1.93. The number of hydrogen-bond donors (Lipinski definition) is 0. The van der Waals surface area contributed by atoms with E-state index in [1.165, 1.54) is 32.4 Å². The monoisotopic (exact) mass is 150 g/mol. The van der Waals surface area contributed by atoms with Crippen molar-refractivity contribution in [2.75, 3.05) is 13.1 Å². The van der Waals surface area contributed by atoms with Crippen molar-refractivity contribution in [1.29, 1.82) is 0 Å². The average molecular weight is 150 g/mol. The lowest BCUT2D eigenvalue weighted by Crippen LogP contribution is -2.23. The Morgan fingerprint density at radius 1 is 1.00 bits per heavy atom. The third kappa shape index (κ3) is 3.26. The highest BCUT2D eigenvalue weighted by Gasteiger charge is 2.03. The highest BCUT2D eigenvalue weighted by molar-refractivity contribution is 5.03. The molecule has 1 aliphatic rings. The molecule has 1 heteroatoms. The van der Waals surface area contributed by atoms with Gasteiger partial charge in [-0.3, -0.25) is 0 Å². The SMILES string of the molecule is [CH2]/C=C/C=C/N1CCCCC1. The Morgan fingerprint density at radius 2 is 1.73 bits per heavy atom. The molecule has 0 unspecified atom stereocenters. The van der Waals surface area contributed by atoms with Gasteiger partial charge in [-0.15, -0.1) is 0 Å². The fourth-order valence-corrected chi connectivity index (χ4v) is 1.32. The fraction of sp³-hybridized carbons (Fsp3) is 0.500. The van der Waals surface area contributed by atoms with Crippen molar-refractivity contribution in [2.45, 2.75) is 19.3 Å². The first kappa shape index (κ1) is 8.38. The molecule has 0 bridgehead atoms. The zero-order valence-corrected chi connectivity index (χ0v) is 7.00. The van der Waals surface area contributed by atoms with Gasteiger partial charge in [0, 0.05) is 13.1 Å². The highest BCUT2D eigenvalue weighted by Crippen LogP contribution is 2.08. The summed E-state index contributed by atoms with van der Waals surface area (Å²) < 4.78 is 0. The Kier molecular flexibility index (Phi) is 3.81. The van der Waals surface area contributed by atoms with Crippen LogP contribution in [0.1, 0.15) is 19.3 Å². The minimum Gasteiger partial charge on any atom is -0.377 e. The molecule has 1 aliphatic heterocycles. The molecule has 0 aliphatic carbocycles. The molecular formula is C10H16N. The second-order valence-corrected chi connectivity index (χ2v) is 2.87. The van der Waals surface area contributed by atoms with Crippen molar-refractivity contribution in [3.05, 3.63) is 31.4 Å². The number of allylic oxidation sites excluding steroid dienone is 3. The van der Waals surface area contributed by atoms with Crippen molar-refractivity contribution in [3.63, 3.8) is 0 Å². The predicted octanol–water partition coefficient (Wildman–Crippen LogP) is 2.38. The van der Waals surface area contributed by atoms with Gasteiger partial charge >= 0.3 is 0 Å². The highest BCUT2D eigenvalue weighted by atomic mass is 15.1. The maximum absolute atomic E-state index is 3.62. The zero-order chi connectivity index (χ0) is 7.94. The summed E-state index contributed by atoms with van der Waals surface area (Å²) in [6.07, 6.45) is 12.1. The van der Waals surface area contributed by atoms with E-state index in [2.05, 4.69) is 24.1 Å². The smallest absolute Gasteiger partial charge is 0.0172 e. The van der Waals surface area contributed by atoms with Crippen LogP contribution < -0.4 is 0 Å². The molecule has 61 valence electrons. The largest absolute Gasteiger partial charge is 0.377 e. The van der Waals surface area contributed by atoms with E-state index < -0.39 is 0 Å². The second kappa shape index (κ2) is 5.00. The Hall–Kier alpha value is -0.720. The lowest BCUT2D eigenvalue weighted by molar-refractivity contribution is 0.309. The maximum Gasteiger partial charge on any atom is 0.0172 e. The molecule has 0 amide bonds. The molecule has 0 aromatic carbocycles. The molecule has 0 aromatic heterocycles. The summed E-state index contributed by atoms with van der Waals surface area (Å²) in [5, 5.41) is 0. The van der Waals surface area contributed by atoms with Gasteiger partial charge < -0.3 is 4.90 Å². The molecule has 1 radical (unpaired) electrons. The van der Waals surface area contributed by atoms with Crippen LogP contribution in [0.15, 0.2) is 24.4 Å². The summed E-state index contributed by atoms with van der Waals surface area (Å²) in [6, 6.07) is 0. The molecule has 0 N–H and O–H groups in total. The van der Waals surface area contributed by atoms with Gasteiger partial charge in [-0.2, -0.15) is 0 Å². The van der Waals surface area contributed by atoms with Gasteiger partial charge in [-0.1, -0.05) is 12.2 Å². The Labute approximate surface area is 69.4 Å². The quantitative estimate of drug-likeness (QED) is 0.546. The van der Waals surface area contributed by atoms with E-state index in [4.69, 9.17) is 0 Å². The third-order valence-electron chi connectivity index (χ3n) is 1.93.